The van der Waals surface area contributed by atoms with Crippen LogP contribution in [0, 0.1) is 0 Å². The van der Waals surface area contributed by atoms with Crippen LogP contribution < -0.4 is 4.74 Å². The van der Waals surface area contributed by atoms with Crippen LogP contribution >= 0.6 is 12.4 Å². The van der Waals surface area contributed by atoms with Crippen LogP contribution in [0.4, 0.5) is 0 Å². The highest BCUT2D eigenvalue weighted by Crippen LogP contribution is 2.18. The Morgan fingerprint density at radius 3 is 2.53 bits per heavy atom. The van der Waals surface area contributed by atoms with E-state index >= 15 is 0 Å². The van der Waals surface area contributed by atoms with Gasteiger partial charge in [-0.1, -0.05) is 6.07 Å². The van der Waals surface area contributed by atoms with Gasteiger partial charge in [0.2, 0.25) is 0 Å². The third-order valence-electron chi connectivity index (χ3n) is 1.92. The zero-order valence-electron chi connectivity index (χ0n) is 9.19. The molecule has 1 rings (SSSR count). The van der Waals surface area contributed by atoms with Crippen LogP contribution in [-0.4, -0.2) is 32.4 Å². The molecular weight excluding hydrogens is 214 g/mol. The number of benzene rings is 1. The number of nitrogens with zero attached hydrogens (tertiary/aromatic N) is 1. The third kappa shape index (κ3) is 3.90. The topological polar surface area (TPSA) is 29.5 Å². The van der Waals surface area contributed by atoms with Crippen molar-refractivity contribution in [3.05, 3.63) is 29.3 Å². The molecule has 84 valence electrons. The molecule has 0 amide bonds. The van der Waals surface area contributed by atoms with Crippen LogP contribution in [0.2, 0.25) is 0 Å². The van der Waals surface area contributed by atoms with E-state index in [1.54, 1.807) is 7.11 Å². The van der Waals surface area contributed by atoms with Crippen molar-refractivity contribution in [1.82, 2.24) is 4.90 Å². The first-order valence-electron chi connectivity index (χ1n) is 4.44. The van der Waals surface area contributed by atoms with Crippen LogP contribution in [0.1, 0.15) is 15.9 Å². The molecule has 0 aromatic heterocycles. The average Bonchev–Trinajstić information content (AvgIpc) is 2.16. The molecule has 0 aliphatic heterocycles. The summed E-state index contributed by atoms with van der Waals surface area (Å²) in [6, 6.07) is 5.64. The molecule has 0 fully saturated rings. The third-order valence-corrected chi connectivity index (χ3v) is 1.92. The van der Waals surface area contributed by atoms with E-state index in [0.29, 0.717) is 11.3 Å². The number of halogens is 1. The van der Waals surface area contributed by atoms with Crippen LogP contribution in [0.5, 0.6) is 5.75 Å². The molecule has 4 heteroatoms. The van der Waals surface area contributed by atoms with Crippen LogP contribution in [0.3, 0.4) is 0 Å². The van der Waals surface area contributed by atoms with Gasteiger partial charge in [-0.15, -0.1) is 12.4 Å². The van der Waals surface area contributed by atoms with Gasteiger partial charge in [0.1, 0.15) is 5.75 Å². The number of hydrogen-bond donors (Lipinski definition) is 0. The first-order valence-corrected chi connectivity index (χ1v) is 4.44. The zero-order chi connectivity index (χ0) is 10.6. The van der Waals surface area contributed by atoms with E-state index in [2.05, 4.69) is 4.90 Å². The van der Waals surface area contributed by atoms with Crippen molar-refractivity contribution in [2.24, 2.45) is 0 Å². The summed E-state index contributed by atoms with van der Waals surface area (Å²) in [6.45, 7) is 0.824. The molecule has 3 nitrogen and oxygen atoms in total. The first kappa shape index (κ1) is 13.9. The molecule has 0 unspecified atom stereocenters. The van der Waals surface area contributed by atoms with Crippen molar-refractivity contribution >= 4 is 18.7 Å². The molecule has 0 saturated heterocycles. The van der Waals surface area contributed by atoms with Crippen LogP contribution in [0.15, 0.2) is 18.2 Å². The average molecular weight is 230 g/mol. The predicted molar refractivity (Wildman–Crippen MR) is 63.0 cm³/mol. The summed E-state index contributed by atoms with van der Waals surface area (Å²) in [5.74, 6) is 0.627. The number of rotatable bonds is 4. The second kappa shape index (κ2) is 6.43. The molecular formula is C11H16ClNO2. The molecule has 0 aliphatic rings. The van der Waals surface area contributed by atoms with Crippen molar-refractivity contribution in [2.75, 3.05) is 21.2 Å². The van der Waals surface area contributed by atoms with Gasteiger partial charge in [-0.25, -0.2) is 0 Å². The molecule has 0 aliphatic carbocycles. The molecule has 1 aromatic rings. The minimum atomic E-state index is 0. The maximum absolute atomic E-state index is 10.7. The Labute approximate surface area is 96.4 Å². The van der Waals surface area contributed by atoms with Crippen LogP contribution in [-0.2, 0) is 6.54 Å². The number of carbonyl (C=O) groups is 1. The van der Waals surface area contributed by atoms with E-state index in [1.807, 2.05) is 32.3 Å². The predicted octanol–water partition coefficient (Wildman–Crippen LogP) is 1.99. The Hall–Kier alpha value is -1.06. The Morgan fingerprint density at radius 1 is 1.40 bits per heavy atom. The lowest BCUT2D eigenvalue weighted by atomic mass is 10.1. The van der Waals surface area contributed by atoms with Gasteiger partial charge in [0.25, 0.3) is 0 Å². The van der Waals surface area contributed by atoms with E-state index < -0.39 is 0 Å². The summed E-state index contributed by atoms with van der Waals surface area (Å²) in [5, 5.41) is 0. The smallest absolute Gasteiger partial charge is 0.153 e. The van der Waals surface area contributed by atoms with Gasteiger partial charge in [0.15, 0.2) is 6.29 Å². The number of methoxy groups -OCH3 is 1. The summed E-state index contributed by atoms with van der Waals surface area (Å²) in [4.78, 5) is 12.8. The summed E-state index contributed by atoms with van der Waals surface area (Å²) in [5.41, 5.74) is 1.71. The largest absolute Gasteiger partial charge is 0.496 e. The number of ether oxygens (including phenoxy) is 1. The molecule has 15 heavy (non-hydrogen) atoms. The summed E-state index contributed by atoms with van der Waals surface area (Å²) < 4.78 is 5.05. The minimum Gasteiger partial charge on any atom is -0.496 e. The monoisotopic (exact) mass is 229 g/mol. The van der Waals surface area contributed by atoms with Gasteiger partial charge in [-0.3, -0.25) is 4.79 Å². The van der Waals surface area contributed by atoms with Crippen molar-refractivity contribution < 1.29 is 9.53 Å². The number of carbonyl (C=O) groups excluding carboxylic acids is 1. The van der Waals surface area contributed by atoms with E-state index in [4.69, 9.17) is 4.74 Å². The number of hydrogen-bond acceptors (Lipinski definition) is 3. The molecule has 0 heterocycles. The van der Waals surface area contributed by atoms with Gasteiger partial charge < -0.3 is 9.64 Å². The lowest BCUT2D eigenvalue weighted by molar-refractivity contribution is 0.112. The number of aldehydes is 1. The van der Waals surface area contributed by atoms with Crippen molar-refractivity contribution in [2.45, 2.75) is 6.54 Å². The highest BCUT2D eigenvalue weighted by atomic mass is 35.5. The molecule has 0 bridgehead atoms. The second-order valence-electron chi connectivity index (χ2n) is 3.43. The van der Waals surface area contributed by atoms with Crippen molar-refractivity contribution in [1.29, 1.82) is 0 Å². The molecule has 0 radical (unpaired) electrons. The van der Waals surface area contributed by atoms with Gasteiger partial charge in [-0.2, -0.15) is 0 Å². The van der Waals surface area contributed by atoms with Gasteiger partial charge in [0, 0.05) is 6.54 Å². The van der Waals surface area contributed by atoms with Gasteiger partial charge in [0.05, 0.1) is 12.7 Å². The van der Waals surface area contributed by atoms with Gasteiger partial charge in [-0.05, 0) is 31.8 Å². The first-order chi connectivity index (χ1) is 6.67. The van der Waals surface area contributed by atoms with E-state index in [0.717, 1.165) is 18.4 Å². The summed E-state index contributed by atoms with van der Waals surface area (Å²) >= 11 is 0. The quantitative estimate of drug-likeness (QED) is 0.740. The fourth-order valence-electron chi connectivity index (χ4n) is 1.34. The zero-order valence-corrected chi connectivity index (χ0v) is 10.0. The molecule has 0 spiro atoms. The maximum atomic E-state index is 10.7. The Balaban J connectivity index is 0.00000196. The molecule has 1 aromatic carbocycles. The fourth-order valence-corrected chi connectivity index (χ4v) is 1.34. The maximum Gasteiger partial charge on any atom is 0.153 e. The van der Waals surface area contributed by atoms with Gasteiger partial charge >= 0.3 is 0 Å². The molecule has 0 atom stereocenters. The summed E-state index contributed by atoms with van der Waals surface area (Å²) in [6.07, 6.45) is 0.817. The summed E-state index contributed by atoms with van der Waals surface area (Å²) in [7, 11) is 5.55. The SMILES string of the molecule is COc1ccc(CN(C)C)cc1C=O.Cl. The highest BCUT2D eigenvalue weighted by molar-refractivity contribution is 5.85. The lowest BCUT2D eigenvalue weighted by Crippen LogP contribution is -2.10. The standard InChI is InChI=1S/C11H15NO2.ClH/c1-12(2)7-9-4-5-11(14-3)10(6-9)8-13;/h4-6,8H,7H2,1-3H3;1H. The Bertz CT molecular complexity index is 326. The normalized spacial score (nSPS) is 9.60. The Kier molecular flexibility index (Phi) is 5.97. The van der Waals surface area contributed by atoms with E-state index in [-0.39, 0.29) is 12.4 Å². The van der Waals surface area contributed by atoms with Crippen molar-refractivity contribution in [3.8, 4) is 5.75 Å². The van der Waals surface area contributed by atoms with Crippen molar-refractivity contribution in [3.63, 3.8) is 0 Å². The molecule has 0 saturated carbocycles. The Morgan fingerprint density at radius 2 is 2.07 bits per heavy atom. The van der Waals surface area contributed by atoms with E-state index in [1.165, 1.54) is 0 Å². The van der Waals surface area contributed by atoms with Crippen LogP contribution in [0.25, 0.3) is 0 Å². The lowest BCUT2D eigenvalue weighted by Gasteiger charge is -2.11. The molecule has 0 N–H and O–H groups in total. The van der Waals surface area contributed by atoms with E-state index in [9.17, 15) is 4.79 Å². The highest BCUT2D eigenvalue weighted by Gasteiger charge is 2.03. The minimum absolute atomic E-state index is 0. The fraction of sp³-hybridized carbons (Fsp3) is 0.364. The second-order valence-corrected chi connectivity index (χ2v) is 3.43.